The Morgan fingerprint density at radius 1 is 1.22 bits per heavy atom. The number of fused-ring (bicyclic) bond motifs is 1. The van der Waals surface area contributed by atoms with Gasteiger partial charge in [-0.1, -0.05) is 57.6 Å². The van der Waals surface area contributed by atoms with Crippen LogP contribution in [0.1, 0.15) is 58.3 Å². The van der Waals surface area contributed by atoms with E-state index in [2.05, 4.69) is 17.2 Å². The minimum atomic E-state index is -1.31. The normalized spacial score (nSPS) is 16.7. The number of amides is 1. The van der Waals surface area contributed by atoms with E-state index in [0.717, 1.165) is 12.8 Å². The number of para-hydroxylation sites is 2. The minimum Gasteiger partial charge on any atom is -0.710 e. The first kappa shape index (κ1) is 20.7. The predicted molar refractivity (Wildman–Crippen MR) is 101 cm³/mol. The van der Waals surface area contributed by atoms with Crippen molar-refractivity contribution < 1.29 is 19.5 Å². The van der Waals surface area contributed by atoms with Crippen LogP contribution in [-0.4, -0.2) is 34.0 Å². The van der Waals surface area contributed by atoms with Crippen LogP contribution < -0.4 is 5.06 Å². The SMILES string of the molecule is CCCCCCCCCC(=O)N=NC1=[N+]([O-])c2ccccc2N(O)C1C=O. The Morgan fingerprint density at radius 3 is 2.59 bits per heavy atom. The number of carbonyl (C=O) groups excluding carboxylic acids is 2. The van der Waals surface area contributed by atoms with Crippen molar-refractivity contribution in [1.82, 2.24) is 0 Å². The molecule has 0 bridgehead atoms. The molecule has 0 aliphatic carbocycles. The van der Waals surface area contributed by atoms with Gasteiger partial charge in [-0.15, -0.1) is 0 Å². The molecular formula is C19H26N4O4. The molecule has 27 heavy (non-hydrogen) atoms. The molecule has 1 heterocycles. The van der Waals surface area contributed by atoms with Gasteiger partial charge < -0.3 is 10.0 Å². The summed E-state index contributed by atoms with van der Waals surface area (Å²) < 4.78 is 0.422. The first-order valence-corrected chi connectivity index (χ1v) is 9.41. The largest absolute Gasteiger partial charge is 0.710 e. The van der Waals surface area contributed by atoms with Gasteiger partial charge in [0.15, 0.2) is 12.0 Å². The van der Waals surface area contributed by atoms with Gasteiger partial charge in [-0.05, 0) is 18.6 Å². The van der Waals surface area contributed by atoms with Gasteiger partial charge in [-0.25, -0.2) is 9.80 Å². The van der Waals surface area contributed by atoms with Crippen LogP contribution in [0.2, 0.25) is 0 Å². The van der Waals surface area contributed by atoms with Crippen LogP contribution in [0.15, 0.2) is 34.5 Å². The van der Waals surface area contributed by atoms with E-state index in [1.165, 1.54) is 37.8 Å². The van der Waals surface area contributed by atoms with E-state index < -0.39 is 11.9 Å². The van der Waals surface area contributed by atoms with Crippen LogP contribution in [0, 0.1) is 5.21 Å². The van der Waals surface area contributed by atoms with Crippen LogP contribution in [0.4, 0.5) is 11.4 Å². The Bertz CT molecular complexity index is 717. The number of carbonyl (C=O) groups is 2. The average molecular weight is 374 g/mol. The van der Waals surface area contributed by atoms with Crippen LogP contribution in [0.3, 0.4) is 0 Å². The maximum atomic E-state index is 12.4. The smallest absolute Gasteiger partial charge is 0.362 e. The summed E-state index contributed by atoms with van der Waals surface area (Å²) in [4.78, 5) is 23.2. The number of unbranched alkanes of at least 4 members (excludes halogenated alkanes) is 6. The van der Waals surface area contributed by atoms with Gasteiger partial charge in [0.1, 0.15) is 5.69 Å². The number of hydrogen-bond donors (Lipinski definition) is 1. The van der Waals surface area contributed by atoms with Crippen molar-refractivity contribution in [3.8, 4) is 0 Å². The molecule has 0 fully saturated rings. The van der Waals surface area contributed by atoms with E-state index in [0.29, 0.717) is 22.5 Å². The van der Waals surface area contributed by atoms with Crippen molar-refractivity contribution in [2.75, 3.05) is 5.06 Å². The molecule has 146 valence electrons. The molecule has 1 atom stereocenters. The number of rotatable bonds is 9. The molecular weight excluding hydrogens is 348 g/mol. The summed E-state index contributed by atoms with van der Waals surface area (Å²) in [6, 6.07) is 4.95. The summed E-state index contributed by atoms with van der Waals surface area (Å²) in [6.45, 7) is 2.17. The summed E-state index contributed by atoms with van der Waals surface area (Å²) in [5.74, 6) is -0.781. The number of hydrogen-bond acceptors (Lipinski definition) is 6. The van der Waals surface area contributed by atoms with Crippen molar-refractivity contribution >= 4 is 29.4 Å². The van der Waals surface area contributed by atoms with Crippen molar-refractivity contribution in [2.45, 2.75) is 64.3 Å². The van der Waals surface area contributed by atoms with Gasteiger partial charge in [-0.3, -0.25) is 10.0 Å². The Balaban J connectivity index is 1.96. The second-order valence-electron chi connectivity index (χ2n) is 6.53. The molecule has 2 rings (SSSR count). The van der Waals surface area contributed by atoms with Crippen LogP contribution in [0.25, 0.3) is 0 Å². The molecule has 0 spiro atoms. The Labute approximate surface area is 158 Å². The topological polar surface area (TPSA) is 108 Å². The summed E-state index contributed by atoms with van der Waals surface area (Å²) >= 11 is 0. The molecule has 8 heteroatoms. The van der Waals surface area contributed by atoms with Gasteiger partial charge in [0.2, 0.25) is 6.04 Å². The Morgan fingerprint density at radius 2 is 1.89 bits per heavy atom. The second kappa shape index (κ2) is 10.5. The van der Waals surface area contributed by atoms with Gasteiger partial charge in [-0.2, -0.15) is 0 Å². The van der Waals surface area contributed by atoms with E-state index in [9.17, 15) is 20.0 Å². The maximum absolute atomic E-state index is 12.4. The van der Waals surface area contributed by atoms with E-state index in [-0.39, 0.29) is 23.6 Å². The quantitative estimate of drug-likeness (QED) is 0.230. The van der Waals surface area contributed by atoms with Crippen molar-refractivity contribution in [2.24, 2.45) is 10.2 Å². The number of aldehydes is 1. The van der Waals surface area contributed by atoms with Crippen LogP contribution in [0.5, 0.6) is 0 Å². The summed E-state index contributed by atoms with van der Waals surface area (Å²) in [5, 5.41) is 30.5. The standard InChI is InChI=1S/C19H26N4O4/c1-2-3-4-5-6-7-8-13-18(25)20-21-19-17(14-24)22(26)15-11-9-10-12-16(15)23(19)27/h9-12,14,17,26H,2-8,13H2,1H3. The minimum absolute atomic E-state index is 0.131. The van der Waals surface area contributed by atoms with Gasteiger partial charge in [0.05, 0.1) is 5.11 Å². The fourth-order valence-electron chi connectivity index (χ4n) is 2.94. The first-order valence-electron chi connectivity index (χ1n) is 9.41. The molecule has 0 aromatic heterocycles. The van der Waals surface area contributed by atoms with Crippen LogP contribution in [-0.2, 0) is 9.59 Å². The fourth-order valence-corrected chi connectivity index (χ4v) is 2.94. The van der Waals surface area contributed by atoms with Gasteiger partial charge in [0, 0.05) is 11.5 Å². The van der Waals surface area contributed by atoms with Crippen LogP contribution >= 0.6 is 0 Å². The second-order valence-corrected chi connectivity index (χ2v) is 6.53. The summed E-state index contributed by atoms with van der Waals surface area (Å²) in [6.07, 6.45) is 8.19. The van der Waals surface area contributed by atoms with E-state index >= 15 is 0 Å². The molecule has 1 aliphatic rings. The van der Waals surface area contributed by atoms with Crippen molar-refractivity contribution in [1.29, 1.82) is 0 Å². The Kier molecular flexibility index (Phi) is 8.06. The highest BCUT2D eigenvalue weighted by atomic mass is 16.5. The van der Waals surface area contributed by atoms with E-state index in [1.807, 2.05) is 0 Å². The van der Waals surface area contributed by atoms with E-state index in [4.69, 9.17) is 0 Å². The molecule has 0 saturated carbocycles. The fraction of sp³-hybridized carbons (Fsp3) is 0.526. The molecule has 1 amide bonds. The predicted octanol–water partition coefficient (Wildman–Crippen LogP) is 4.12. The molecule has 1 aromatic rings. The lowest BCUT2D eigenvalue weighted by Crippen LogP contribution is -2.45. The number of benzene rings is 1. The number of amidine groups is 1. The Hall–Kier alpha value is -2.61. The van der Waals surface area contributed by atoms with Crippen molar-refractivity contribution in [3.05, 3.63) is 29.5 Å². The first-order chi connectivity index (χ1) is 13.1. The summed E-state index contributed by atoms with van der Waals surface area (Å²) in [7, 11) is 0. The van der Waals surface area contributed by atoms with Crippen molar-refractivity contribution in [3.63, 3.8) is 0 Å². The third-order valence-corrected chi connectivity index (χ3v) is 4.47. The number of azo groups is 1. The maximum Gasteiger partial charge on any atom is 0.362 e. The lowest BCUT2D eigenvalue weighted by molar-refractivity contribution is -0.365. The number of hydroxylamine groups is 1. The van der Waals surface area contributed by atoms with Gasteiger partial charge in [0.25, 0.3) is 5.91 Å². The van der Waals surface area contributed by atoms with E-state index in [1.54, 1.807) is 12.1 Å². The van der Waals surface area contributed by atoms with Gasteiger partial charge >= 0.3 is 5.84 Å². The zero-order chi connectivity index (χ0) is 19.6. The zero-order valence-electron chi connectivity index (χ0n) is 15.6. The highest BCUT2D eigenvalue weighted by Gasteiger charge is 2.37. The molecule has 1 aliphatic heterocycles. The lowest BCUT2D eigenvalue weighted by Gasteiger charge is -2.29. The summed E-state index contributed by atoms with van der Waals surface area (Å²) in [5.41, 5.74) is 0.324. The number of anilines is 1. The molecule has 8 nitrogen and oxygen atoms in total. The third kappa shape index (κ3) is 5.43. The average Bonchev–Trinajstić information content (AvgIpc) is 2.69. The lowest BCUT2D eigenvalue weighted by atomic mass is 10.1. The molecule has 0 saturated heterocycles. The zero-order valence-corrected chi connectivity index (χ0v) is 15.6. The monoisotopic (exact) mass is 374 g/mol. The highest BCUT2D eigenvalue weighted by Crippen LogP contribution is 2.32. The molecule has 0 radical (unpaired) electrons. The molecule has 1 unspecified atom stereocenters. The molecule has 1 N–H and O–H groups in total. The third-order valence-electron chi connectivity index (χ3n) is 4.47. The number of nitrogens with zero attached hydrogens (tertiary/aromatic N) is 4. The molecule has 1 aromatic carbocycles. The highest BCUT2D eigenvalue weighted by molar-refractivity contribution is 6.03.